The topological polar surface area (TPSA) is 117 Å². The number of aromatic carboxylic acids is 1. The van der Waals surface area contributed by atoms with Crippen LogP contribution in [0.25, 0.3) is 0 Å². The van der Waals surface area contributed by atoms with Gasteiger partial charge in [-0.2, -0.15) is 0 Å². The number of carbonyl (C=O) groups is 2. The van der Waals surface area contributed by atoms with Crippen molar-refractivity contribution in [1.29, 1.82) is 0 Å². The van der Waals surface area contributed by atoms with Gasteiger partial charge in [-0.3, -0.25) is 9.89 Å². The van der Waals surface area contributed by atoms with Crippen molar-refractivity contribution in [2.45, 2.75) is 25.1 Å². The molecule has 0 bridgehead atoms. The largest absolute Gasteiger partial charge is 0.486 e. The van der Waals surface area contributed by atoms with Crippen LogP contribution < -0.4 is 10.1 Å². The lowest BCUT2D eigenvalue weighted by atomic mass is 10.2. The summed E-state index contributed by atoms with van der Waals surface area (Å²) < 4.78 is 5.67. The predicted molar refractivity (Wildman–Crippen MR) is 109 cm³/mol. The Bertz CT molecular complexity index is 988. The lowest BCUT2D eigenvalue weighted by Crippen LogP contribution is -2.14. The molecule has 1 heterocycles. The molecule has 9 heteroatoms. The van der Waals surface area contributed by atoms with Gasteiger partial charge in [-0.25, -0.2) is 9.78 Å². The second kappa shape index (κ2) is 9.74. The number of aromatic nitrogens is 3. The maximum atomic E-state index is 12.1. The molecular weight excluding hydrogens is 392 g/mol. The van der Waals surface area contributed by atoms with Crippen molar-refractivity contribution in [2.24, 2.45) is 0 Å². The summed E-state index contributed by atoms with van der Waals surface area (Å²) in [6, 6.07) is 13.9. The average Bonchev–Trinajstić information content (AvgIpc) is 3.19. The van der Waals surface area contributed by atoms with E-state index in [0.717, 1.165) is 12.2 Å². The molecule has 1 aromatic heterocycles. The molecule has 0 aliphatic carbocycles. The SMILES string of the molecule is CCc1ccc(OCc2nc(SCC(=O)Nc3cccc(C(=O)O)c3)n[nH]2)cc1. The van der Waals surface area contributed by atoms with Crippen molar-refractivity contribution in [2.75, 3.05) is 11.1 Å². The molecule has 3 rings (SSSR count). The summed E-state index contributed by atoms with van der Waals surface area (Å²) in [5.74, 6) is 0.0642. The number of carbonyl (C=O) groups excluding carboxylic acids is 1. The molecule has 0 saturated heterocycles. The zero-order valence-corrected chi connectivity index (χ0v) is 16.5. The third kappa shape index (κ3) is 6.08. The van der Waals surface area contributed by atoms with E-state index in [1.807, 2.05) is 24.3 Å². The number of nitrogens with one attached hydrogen (secondary N) is 2. The van der Waals surface area contributed by atoms with Gasteiger partial charge in [-0.15, -0.1) is 5.10 Å². The Morgan fingerprint density at radius 1 is 1.21 bits per heavy atom. The first-order valence-electron chi connectivity index (χ1n) is 8.92. The minimum atomic E-state index is -1.05. The zero-order valence-electron chi connectivity index (χ0n) is 15.7. The van der Waals surface area contributed by atoms with Crippen molar-refractivity contribution in [3.63, 3.8) is 0 Å². The Hall–Kier alpha value is -3.33. The fourth-order valence-corrected chi connectivity index (χ4v) is 3.05. The second-order valence-corrected chi connectivity index (χ2v) is 7.02. The lowest BCUT2D eigenvalue weighted by Gasteiger charge is -2.05. The Labute approximate surface area is 171 Å². The number of ether oxygens (including phenoxy) is 1. The van der Waals surface area contributed by atoms with Crippen LogP contribution in [0.3, 0.4) is 0 Å². The summed E-state index contributed by atoms with van der Waals surface area (Å²) in [7, 11) is 0. The molecule has 29 heavy (non-hydrogen) atoms. The lowest BCUT2D eigenvalue weighted by molar-refractivity contribution is -0.113. The smallest absolute Gasteiger partial charge is 0.335 e. The van der Waals surface area contributed by atoms with Gasteiger partial charge in [-0.05, 0) is 42.3 Å². The van der Waals surface area contributed by atoms with Crippen molar-refractivity contribution in [3.05, 3.63) is 65.5 Å². The first kappa shape index (κ1) is 20.4. The van der Waals surface area contributed by atoms with Crippen LogP contribution in [0.2, 0.25) is 0 Å². The Morgan fingerprint density at radius 2 is 2.00 bits per heavy atom. The number of hydrogen-bond donors (Lipinski definition) is 3. The van der Waals surface area contributed by atoms with E-state index in [0.29, 0.717) is 16.7 Å². The monoisotopic (exact) mass is 412 g/mol. The highest BCUT2D eigenvalue weighted by molar-refractivity contribution is 7.99. The highest BCUT2D eigenvalue weighted by atomic mass is 32.2. The van der Waals surface area contributed by atoms with E-state index in [4.69, 9.17) is 9.84 Å². The minimum absolute atomic E-state index is 0.0912. The van der Waals surface area contributed by atoms with Crippen LogP contribution >= 0.6 is 11.8 Å². The fourth-order valence-electron chi connectivity index (χ4n) is 2.44. The molecule has 3 aromatic rings. The molecule has 0 aliphatic rings. The van der Waals surface area contributed by atoms with Crippen LogP contribution in [-0.2, 0) is 17.8 Å². The van der Waals surface area contributed by atoms with Gasteiger partial charge in [0, 0.05) is 5.69 Å². The van der Waals surface area contributed by atoms with E-state index in [1.54, 1.807) is 12.1 Å². The summed E-state index contributed by atoms with van der Waals surface area (Å²) in [4.78, 5) is 27.3. The number of aryl methyl sites for hydroxylation is 1. The number of nitrogens with zero attached hydrogens (tertiary/aromatic N) is 2. The van der Waals surface area contributed by atoms with E-state index in [9.17, 15) is 9.59 Å². The van der Waals surface area contributed by atoms with Crippen molar-refractivity contribution in [3.8, 4) is 5.75 Å². The number of amides is 1. The molecule has 0 atom stereocenters. The van der Waals surface area contributed by atoms with E-state index in [-0.39, 0.29) is 23.8 Å². The van der Waals surface area contributed by atoms with Gasteiger partial charge in [0.2, 0.25) is 11.1 Å². The number of carboxylic acid groups (broad SMARTS) is 1. The number of benzene rings is 2. The van der Waals surface area contributed by atoms with Gasteiger partial charge < -0.3 is 15.2 Å². The molecule has 2 aromatic carbocycles. The Morgan fingerprint density at radius 3 is 2.72 bits per heavy atom. The molecular formula is C20H20N4O4S. The van der Waals surface area contributed by atoms with Gasteiger partial charge in [0.15, 0.2) is 5.82 Å². The summed E-state index contributed by atoms with van der Waals surface area (Å²) in [6.45, 7) is 2.34. The van der Waals surface area contributed by atoms with Gasteiger partial charge in [0.25, 0.3) is 0 Å². The molecule has 1 amide bonds. The van der Waals surface area contributed by atoms with Crippen LogP contribution in [0, 0.1) is 0 Å². The molecule has 0 saturated carbocycles. The molecule has 3 N–H and O–H groups in total. The molecule has 8 nitrogen and oxygen atoms in total. The van der Waals surface area contributed by atoms with E-state index in [2.05, 4.69) is 27.4 Å². The van der Waals surface area contributed by atoms with Crippen LogP contribution in [0.15, 0.2) is 53.7 Å². The third-order valence-corrected chi connectivity index (χ3v) is 4.79. The Kier molecular flexibility index (Phi) is 6.85. The highest BCUT2D eigenvalue weighted by Gasteiger charge is 2.10. The number of carboxylic acids is 1. The van der Waals surface area contributed by atoms with Crippen LogP contribution in [0.5, 0.6) is 5.75 Å². The zero-order chi connectivity index (χ0) is 20.6. The standard InChI is InChI=1S/C20H20N4O4S/c1-2-13-6-8-16(9-7-13)28-11-17-22-20(24-23-17)29-12-18(25)21-15-5-3-4-14(10-15)19(26)27/h3-10H,2,11-12H2,1H3,(H,21,25)(H,26,27)(H,22,23,24). The van der Waals surface area contributed by atoms with Crippen LogP contribution in [0.1, 0.15) is 28.7 Å². The number of thioether (sulfide) groups is 1. The summed E-state index contributed by atoms with van der Waals surface area (Å²) in [5.41, 5.74) is 1.77. The minimum Gasteiger partial charge on any atom is -0.486 e. The third-order valence-electron chi connectivity index (χ3n) is 3.94. The Balaban J connectivity index is 1.46. The molecule has 0 unspecified atom stereocenters. The quantitative estimate of drug-likeness (QED) is 0.461. The number of H-pyrrole nitrogens is 1. The number of hydrogen-bond acceptors (Lipinski definition) is 6. The average molecular weight is 412 g/mol. The molecule has 150 valence electrons. The molecule has 0 radical (unpaired) electrons. The van der Waals surface area contributed by atoms with Gasteiger partial charge in [0.1, 0.15) is 12.4 Å². The highest BCUT2D eigenvalue weighted by Crippen LogP contribution is 2.17. The maximum absolute atomic E-state index is 12.1. The van der Waals surface area contributed by atoms with E-state index >= 15 is 0 Å². The summed E-state index contributed by atoms with van der Waals surface area (Å²) in [6.07, 6.45) is 0.974. The predicted octanol–water partition coefficient (Wildman–Crippen LogP) is 3.38. The van der Waals surface area contributed by atoms with Gasteiger partial charge in [-0.1, -0.05) is 36.9 Å². The van der Waals surface area contributed by atoms with Crippen LogP contribution in [-0.4, -0.2) is 37.9 Å². The number of rotatable bonds is 9. The van der Waals surface area contributed by atoms with Gasteiger partial charge >= 0.3 is 5.97 Å². The second-order valence-electron chi connectivity index (χ2n) is 6.07. The number of anilines is 1. The number of aromatic amines is 1. The summed E-state index contributed by atoms with van der Waals surface area (Å²) >= 11 is 1.17. The maximum Gasteiger partial charge on any atom is 0.335 e. The molecule has 0 spiro atoms. The fraction of sp³-hybridized carbons (Fsp3) is 0.200. The first-order chi connectivity index (χ1) is 14.0. The van der Waals surface area contributed by atoms with Crippen molar-refractivity contribution in [1.82, 2.24) is 15.2 Å². The van der Waals surface area contributed by atoms with Gasteiger partial charge in [0.05, 0.1) is 11.3 Å². The molecule has 0 fully saturated rings. The van der Waals surface area contributed by atoms with E-state index < -0.39 is 5.97 Å². The van der Waals surface area contributed by atoms with Crippen molar-refractivity contribution < 1.29 is 19.4 Å². The van der Waals surface area contributed by atoms with Crippen molar-refractivity contribution >= 4 is 29.3 Å². The first-order valence-corrected chi connectivity index (χ1v) is 9.91. The summed E-state index contributed by atoms with van der Waals surface area (Å²) in [5, 5.41) is 18.9. The molecule has 0 aliphatic heterocycles. The van der Waals surface area contributed by atoms with E-state index in [1.165, 1.54) is 29.5 Å². The van der Waals surface area contributed by atoms with Crippen LogP contribution in [0.4, 0.5) is 5.69 Å². The normalized spacial score (nSPS) is 10.5.